The third kappa shape index (κ3) is 4.10. The highest BCUT2D eigenvalue weighted by atomic mass is 16.5. The van der Waals surface area contributed by atoms with Crippen LogP contribution in [-0.2, 0) is 25.9 Å². The smallest absolute Gasteiger partial charge is 0.331 e. The number of allylic oxidation sites excluding steroid dienone is 1. The first-order valence-corrected chi connectivity index (χ1v) is 9.35. The number of nitriles is 1. The Labute approximate surface area is 167 Å². The highest BCUT2D eigenvalue weighted by Crippen LogP contribution is 2.28. The van der Waals surface area contributed by atoms with Crippen LogP contribution in [0.2, 0.25) is 0 Å². The van der Waals surface area contributed by atoms with Crippen molar-refractivity contribution < 1.29 is 14.6 Å². The first kappa shape index (κ1) is 20.4. The van der Waals surface area contributed by atoms with Crippen molar-refractivity contribution in [2.45, 2.75) is 38.5 Å². The maximum Gasteiger partial charge on any atom is 0.331 e. The summed E-state index contributed by atoms with van der Waals surface area (Å²) in [4.78, 5) is 25.1. The Morgan fingerprint density at radius 3 is 2.86 bits per heavy atom. The molecule has 0 fully saturated rings. The van der Waals surface area contributed by atoms with Gasteiger partial charge in [0.1, 0.15) is 24.3 Å². The van der Waals surface area contributed by atoms with Crippen LogP contribution >= 0.6 is 0 Å². The van der Waals surface area contributed by atoms with Crippen molar-refractivity contribution in [2.75, 3.05) is 13.7 Å². The Balaban J connectivity index is 1.77. The number of aliphatic hydroxyl groups excluding tert-OH is 1. The number of hydrogen-bond acceptors (Lipinski definition) is 6. The molecule has 0 saturated carbocycles. The summed E-state index contributed by atoms with van der Waals surface area (Å²) in [5, 5.41) is 19.7. The van der Waals surface area contributed by atoms with Crippen molar-refractivity contribution in [3.63, 3.8) is 0 Å². The summed E-state index contributed by atoms with van der Waals surface area (Å²) in [5.41, 5.74) is 0.276. The first-order valence-electron chi connectivity index (χ1n) is 9.35. The Kier molecular flexibility index (Phi) is 6.20. The van der Waals surface area contributed by atoms with Gasteiger partial charge in [0.25, 0.3) is 5.56 Å². The standard InChI is InChI=1S/C21H23N3O5/c1-3-5-14-7-8-18(19(10-14)28-2)29-13-15(25)12-24-20(26)16(11-22)17-6-4-9-23(17)21(24)27/h3,7-8,10,15,25H,1,4-6,9,12-13H2,2H3. The molecule has 8 heteroatoms. The molecule has 0 aliphatic carbocycles. The molecule has 152 valence electrons. The molecule has 0 amide bonds. The van der Waals surface area contributed by atoms with Crippen molar-refractivity contribution in [3.05, 3.63) is 68.5 Å². The third-order valence-corrected chi connectivity index (χ3v) is 4.87. The number of ether oxygens (including phenoxy) is 2. The van der Waals surface area contributed by atoms with Crippen molar-refractivity contribution >= 4 is 0 Å². The van der Waals surface area contributed by atoms with E-state index < -0.39 is 17.4 Å². The zero-order valence-corrected chi connectivity index (χ0v) is 16.3. The third-order valence-electron chi connectivity index (χ3n) is 4.87. The number of fused-ring (bicyclic) bond motifs is 1. The van der Waals surface area contributed by atoms with Gasteiger partial charge in [-0.2, -0.15) is 5.26 Å². The molecular formula is C21H23N3O5. The Morgan fingerprint density at radius 2 is 2.17 bits per heavy atom. The second-order valence-corrected chi connectivity index (χ2v) is 6.83. The molecule has 1 aliphatic rings. The number of benzene rings is 1. The van der Waals surface area contributed by atoms with Crippen molar-refractivity contribution in [1.82, 2.24) is 9.13 Å². The van der Waals surface area contributed by atoms with Gasteiger partial charge >= 0.3 is 5.69 Å². The van der Waals surface area contributed by atoms with Gasteiger partial charge in [0.05, 0.1) is 13.7 Å². The van der Waals surface area contributed by atoms with Gasteiger partial charge < -0.3 is 14.6 Å². The molecule has 1 unspecified atom stereocenters. The number of aromatic nitrogens is 2. The molecule has 1 aromatic heterocycles. The number of aliphatic hydroxyl groups is 1. The number of rotatable bonds is 8. The normalized spacial score (nSPS) is 13.4. The molecule has 3 rings (SSSR count). The van der Waals surface area contributed by atoms with E-state index in [1.54, 1.807) is 12.1 Å². The van der Waals surface area contributed by atoms with Crippen LogP contribution in [0.4, 0.5) is 0 Å². The maximum atomic E-state index is 12.6. The molecule has 1 aliphatic heterocycles. The minimum atomic E-state index is -1.12. The largest absolute Gasteiger partial charge is 0.493 e. The summed E-state index contributed by atoms with van der Waals surface area (Å²) < 4.78 is 13.3. The van der Waals surface area contributed by atoms with Crippen molar-refractivity contribution in [2.24, 2.45) is 0 Å². The lowest BCUT2D eigenvalue weighted by Gasteiger charge is -2.17. The topological polar surface area (TPSA) is 106 Å². The van der Waals surface area contributed by atoms with Gasteiger partial charge in [-0.15, -0.1) is 6.58 Å². The average molecular weight is 397 g/mol. The van der Waals surface area contributed by atoms with Crippen LogP contribution in [0.25, 0.3) is 0 Å². The van der Waals surface area contributed by atoms with Crippen LogP contribution in [0, 0.1) is 11.3 Å². The van der Waals surface area contributed by atoms with E-state index in [1.807, 2.05) is 18.2 Å². The van der Waals surface area contributed by atoms with Crippen LogP contribution in [0.1, 0.15) is 23.2 Å². The van der Waals surface area contributed by atoms with Gasteiger partial charge in [-0.1, -0.05) is 12.1 Å². The molecule has 2 heterocycles. The fourth-order valence-corrected chi connectivity index (χ4v) is 3.48. The van der Waals surface area contributed by atoms with E-state index in [-0.39, 0.29) is 18.7 Å². The van der Waals surface area contributed by atoms with E-state index in [9.17, 15) is 20.0 Å². The van der Waals surface area contributed by atoms with Crippen molar-refractivity contribution in [3.8, 4) is 17.6 Å². The second kappa shape index (κ2) is 8.80. The van der Waals surface area contributed by atoms with Crippen LogP contribution in [-0.4, -0.2) is 34.1 Å². The van der Waals surface area contributed by atoms with Gasteiger partial charge in [0.15, 0.2) is 11.5 Å². The molecule has 0 spiro atoms. The molecule has 0 saturated heterocycles. The van der Waals surface area contributed by atoms with Gasteiger partial charge in [-0.05, 0) is 37.0 Å². The minimum absolute atomic E-state index is 0.0327. The predicted molar refractivity (Wildman–Crippen MR) is 106 cm³/mol. The van der Waals surface area contributed by atoms with E-state index in [0.717, 1.165) is 10.1 Å². The quantitative estimate of drug-likeness (QED) is 0.666. The van der Waals surface area contributed by atoms with E-state index in [1.165, 1.54) is 11.7 Å². The van der Waals surface area contributed by atoms with Gasteiger partial charge in [0.2, 0.25) is 0 Å². The van der Waals surface area contributed by atoms with E-state index in [0.29, 0.717) is 43.0 Å². The van der Waals surface area contributed by atoms with Crippen LogP contribution in [0.15, 0.2) is 40.4 Å². The summed E-state index contributed by atoms with van der Waals surface area (Å²) in [5.74, 6) is 0.952. The second-order valence-electron chi connectivity index (χ2n) is 6.83. The van der Waals surface area contributed by atoms with Gasteiger partial charge in [-0.25, -0.2) is 4.79 Å². The lowest BCUT2D eigenvalue weighted by molar-refractivity contribution is 0.0885. The van der Waals surface area contributed by atoms with E-state index >= 15 is 0 Å². The Bertz CT molecular complexity index is 1080. The first-order chi connectivity index (χ1) is 14.0. The van der Waals surface area contributed by atoms with Gasteiger partial charge in [-0.3, -0.25) is 13.9 Å². The lowest BCUT2D eigenvalue weighted by Crippen LogP contribution is -2.44. The molecule has 1 N–H and O–H groups in total. The molecule has 29 heavy (non-hydrogen) atoms. The van der Waals surface area contributed by atoms with Crippen LogP contribution in [0.3, 0.4) is 0 Å². The minimum Gasteiger partial charge on any atom is -0.493 e. The fraction of sp³-hybridized carbons (Fsp3) is 0.381. The fourth-order valence-electron chi connectivity index (χ4n) is 3.48. The van der Waals surface area contributed by atoms with Crippen LogP contribution in [0.5, 0.6) is 11.5 Å². The average Bonchev–Trinajstić information content (AvgIpc) is 3.20. The maximum absolute atomic E-state index is 12.6. The van der Waals surface area contributed by atoms with E-state index in [4.69, 9.17) is 9.47 Å². The van der Waals surface area contributed by atoms with Crippen LogP contribution < -0.4 is 20.7 Å². The molecule has 0 radical (unpaired) electrons. The Hall–Kier alpha value is -3.31. The highest BCUT2D eigenvalue weighted by Gasteiger charge is 2.23. The monoisotopic (exact) mass is 397 g/mol. The summed E-state index contributed by atoms with van der Waals surface area (Å²) in [6, 6.07) is 7.31. The highest BCUT2D eigenvalue weighted by molar-refractivity contribution is 5.43. The number of nitrogens with zero attached hydrogens (tertiary/aromatic N) is 3. The van der Waals surface area contributed by atoms with E-state index in [2.05, 4.69) is 6.58 Å². The zero-order valence-electron chi connectivity index (χ0n) is 16.3. The number of methoxy groups -OCH3 is 1. The summed E-state index contributed by atoms with van der Waals surface area (Å²) in [7, 11) is 1.52. The summed E-state index contributed by atoms with van der Waals surface area (Å²) >= 11 is 0. The van der Waals surface area contributed by atoms with Crippen molar-refractivity contribution in [1.29, 1.82) is 5.26 Å². The number of hydrogen-bond donors (Lipinski definition) is 1. The van der Waals surface area contributed by atoms with Gasteiger partial charge in [0, 0.05) is 12.2 Å². The molecule has 0 bridgehead atoms. The predicted octanol–water partition coefficient (Wildman–Crippen LogP) is 1.00. The molecular weight excluding hydrogens is 374 g/mol. The summed E-state index contributed by atoms with van der Waals surface area (Å²) in [6.07, 6.45) is 2.58. The summed E-state index contributed by atoms with van der Waals surface area (Å²) in [6.45, 7) is 3.76. The molecule has 8 nitrogen and oxygen atoms in total. The lowest BCUT2D eigenvalue weighted by atomic mass is 10.1. The molecule has 2 aromatic rings. The molecule has 1 atom stereocenters. The zero-order chi connectivity index (χ0) is 21.0. The molecule has 1 aromatic carbocycles. The SMILES string of the molecule is C=CCc1ccc(OCC(O)Cn2c(=O)c(C#N)c3n(c2=O)CCC3)c(OC)c1. The Morgan fingerprint density at radius 1 is 1.38 bits per heavy atom.